The van der Waals surface area contributed by atoms with Crippen LogP contribution in [-0.4, -0.2) is 23.9 Å². The lowest BCUT2D eigenvalue weighted by Gasteiger charge is -2.00. The van der Waals surface area contributed by atoms with Crippen molar-refractivity contribution in [3.8, 4) is 0 Å². The number of hydrogen-bond acceptors (Lipinski definition) is 3. The van der Waals surface area contributed by atoms with Gasteiger partial charge in [-0.05, 0) is 12.1 Å². The van der Waals surface area contributed by atoms with Gasteiger partial charge in [0, 0.05) is 24.9 Å². The van der Waals surface area contributed by atoms with Crippen LogP contribution in [0.2, 0.25) is 0 Å². The molecule has 3 nitrogen and oxygen atoms in total. The molecule has 0 atom stereocenters. The van der Waals surface area contributed by atoms with Gasteiger partial charge in [0.25, 0.3) is 0 Å². The highest BCUT2D eigenvalue weighted by atomic mass is 15.1. The molecule has 3 heteroatoms. The first kappa shape index (κ1) is 7.28. The second kappa shape index (κ2) is 3.34. The highest BCUT2D eigenvalue weighted by Gasteiger charge is 2.05. The fraction of sp³-hybridized carbons (Fsp3) is 0.333. The molecule has 1 N–H and O–H groups in total. The van der Waals surface area contributed by atoms with Crippen molar-refractivity contribution < 1.29 is 0 Å². The van der Waals surface area contributed by atoms with E-state index in [1.807, 2.05) is 24.4 Å². The summed E-state index contributed by atoms with van der Waals surface area (Å²) in [5, 5.41) is 3.22. The van der Waals surface area contributed by atoms with Crippen molar-refractivity contribution >= 4 is 5.84 Å². The lowest BCUT2D eigenvalue weighted by Crippen LogP contribution is -2.20. The first-order chi connectivity index (χ1) is 5.95. The number of hydrogen-bond donors (Lipinski definition) is 1. The molecule has 0 radical (unpaired) electrons. The molecule has 0 spiro atoms. The van der Waals surface area contributed by atoms with E-state index in [9.17, 15) is 0 Å². The molecule has 0 saturated heterocycles. The molecule has 12 heavy (non-hydrogen) atoms. The Kier molecular flexibility index (Phi) is 2.03. The van der Waals surface area contributed by atoms with Crippen LogP contribution in [0.25, 0.3) is 0 Å². The first-order valence-electron chi connectivity index (χ1n) is 4.12. The molecule has 2 heterocycles. The summed E-state index contributed by atoms with van der Waals surface area (Å²) < 4.78 is 0. The van der Waals surface area contributed by atoms with Gasteiger partial charge in [-0.25, -0.2) is 0 Å². The molecule has 0 fully saturated rings. The zero-order valence-corrected chi connectivity index (χ0v) is 6.83. The van der Waals surface area contributed by atoms with Gasteiger partial charge in [0.1, 0.15) is 5.84 Å². The normalized spacial score (nSPS) is 15.5. The summed E-state index contributed by atoms with van der Waals surface area (Å²) in [4.78, 5) is 8.52. The third-order valence-electron chi connectivity index (χ3n) is 1.82. The van der Waals surface area contributed by atoms with E-state index in [2.05, 4.69) is 15.3 Å². The highest BCUT2D eigenvalue weighted by molar-refractivity contribution is 5.85. The Bertz CT molecular complexity index is 279. The predicted octanol–water partition coefficient (Wildman–Crippen LogP) is 0.626. The van der Waals surface area contributed by atoms with E-state index >= 15 is 0 Å². The average molecular weight is 161 g/mol. The molecule has 0 aromatic carbocycles. The van der Waals surface area contributed by atoms with E-state index in [0.717, 1.165) is 31.0 Å². The van der Waals surface area contributed by atoms with Crippen molar-refractivity contribution in [2.75, 3.05) is 13.1 Å². The van der Waals surface area contributed by atoms with Crippen molar-refractivity contribution in [2.45, 2.75) is 6.42 Å². The van der Waals surface area contributed by atoms with Gasteiger partial charge in [-0.3, -0.25) is 9.98 Å². The van der Waals surface area contributed by atoms with E-state index < -0.39 is 0 Å². The Labute approximate surface area is 71.6 Å². The van der Waals surface area contributed by atoms with Crippen LogP contribution in [0.1, 0.15) is 5.69 Å². The Morgan fingerprint density at radius 2 is 2.42 bits per heavy atom. The molecular weight excluding hydrogens is 150 g/mol. The lowest BCUT2D eigenvalue weighted by atomic mass is 10.2. The minimum Gasteiger partial charge on any atom is -0.372 e. The molecule has 62 valence electrons. The van der Waals surface area contributed by atoms with Crippen LogP contribution in [0.5, 0.6) is 0 Å². The molecule has 1 aromatic heterocycles. The number of nitrogens with one attached hydrogen (secondary N) is 1. The molecular formula is C9H11N3. The molecule has 1 aromatic rings. The van der Waals surface area contributed by atoms with Gasteiger partial charge in [-0.15, -0.1) is 0 Å². The lowest BCUT2D eigenvalue weighted by molar-refractivity contribution is 0.950. The summed E-state index contributed by atoms with van der Waals surface area (Å²) in [5.74, 6) is 1.06. The summed E-state index contributed by atoms with van der Waals surface area (Å²) in [7, 11) is 0. The zero-order chi connectivity index (χ0) is 8.23. The van der Waals surface area contributed by atoms with E-state index in [1.165, 1.54) is 0 Å². The summed E-state index contributed by atoms with van der Waals surface area (Å²) in [6.45, 7) is 1.88. The van der Waals surface area contributed by atoms with Gasteiger partial charge in [-0.1, -0.05) is 6.07 Å². The molecule has 0 saturated carbocycles. The fourth-order valence-corrected chi connectivity index (χ4v) is 1.24. The van der Waals surface area contributed by atoms with E-state index in [0.29, 0.717) is 0 Å². The van der Waals surface area contributed by atoms with E-state index in [-0.39, 0.29) is 0 Å². The molecule has 1 aliphatic heterocycles. The van der Waals surface area contributed by atoms with Gasteiger partial charge in [-0.2, -0.15) is 0 Å². The number of aliphatic imine (C=N–C) groups is 1. The van der Waals surface area contributed by atoms with Crippen LogP contribution in [0.15, 0.2) is 29.4 Å². The first-order valence-corrected chi connectivity index (χ1v) is 4.12. The van der Waals surface area contributed by atoms with Crippen LogP contribution in [-0.2, 0) is 6.42 Å². The quantitative estimate of drug-likeness (QED) is 0.690. The highest BCUT2D eigenvalue weighted by Crippen LogP contribution is 1.97. The second-order valence-corrected chi connectivity index (χ2v) is 2.75. The van der Waals surface area contributed by atoms with Crippen molar-refractivity contribution in [3.05, 3.63) is 30.1 Å². The van der Waals surface area contributed by atoms with Crippen LogP contribution in [0.4, 0.5) is 0 Å². The molecule has 0 unspecified atom stereocenters. The standard InChI is InChI=1S/C9H11N3/c1-2-4-10-8(3-1)7-9-11-5-6-12-9/h1-4H,5-7H2,(H,11,12). The Hall–Kier alpha value is -1.38. The molecule has 0 bridgehead atoms. The maximum atomic E-state index is 4.30. The van der Waals surface area contributed by atoms with Gasteiger partial charge in [0.2, 0.25) is 0 Å². The summed E-state index contributed by atoms with van der Waals surface area (Å²) >= 11 is 0. The number of aromatic nitrogens is 1. The predicted molar refractivity (Wildman–Crippen MR) is 48.2 cm³/mol. The number of pyridine rings is 1. The third kappa shape index (κ3) is 1.61. The topological polar surface area (TPSA) is 37.3 Å². The van der Waals surface area contributed by atoms with Crippen LogP contribution >= 0.6 is 0 Å². The van der Waals surface area contributed by atoms with Crippen molar-refractivity contribution in [1.82, 2.24) is 10.3 Å². The van der Waals surface area contributed by atoms with Crippen molar-refractivity contribution in [2.24, 2.45) is 4.99 Å². The van der Waals surface area contributed by atoms with Gasteiger partial charge < -0.3 is 5.32 Å². The van der Waals surface area contributed by atoms with Crippen molar-refractivity contribution in [3.63, 3.8) is 0 Å². The Balaban J connectivity index is 2.04. The molecule has 1 aliphatic rings. The van der Waals surface area contributed by atoms with E-state index in [1.54, 1.807) is 0 Å². The van der Waals surface area contributed by atoms with Crippen LogP contribution in [0, 0.1) is 0 Å². The Morgan fingerprint density at radius 1 is 1.42 bits per heavy atom. The number of amidine groups is 1. The van der Waals surface area contributed by atoms with Crippen LogP contribution in [0.3, 0.4) is 0 Å². The largest absolute Gasteiger partial charge is 0.372 e. The molecule has 0 amide bonds. The summed E-state index contributed by atoms with van der Waals surface area (Å²) in [5.41, 5.74) is 1.07. The zero-order valence-electron chi connectivity index (χ0n) is 6.83. The maximum absolute atomic E-state index is 4.30. The fourth-order valence-electron chi connectivity index (χ4n) is 1.24. The van der Waals surface area contributed by atoms with Gasteiger partial charge in [0.15, 0.2) is 0 Å². The van der Waals surface area contributed by atoms with Crippen molar-refractivity contribution in [1.29, 1.82) is 0 Å². The number of nitrogens with zero attached hydrogens (tertiary/aromatic N) is 2. The smallest absolute Gasteiger partial charge is 0.102 e. The second-order valence-electron chi connectivity index (χ2n) is 2.75. The number of rotatable bonds is 2. The Morgan fingerprint density at radius 3 is 3.08 bits per heavy atom. The summed E-state index contributed by atoms with van der Waals surface area (Å²) in [6.07, 6.45) is 2.64. The van der Waals surface area contributed by atoms with Gasteiger partial charge >= 0.3 is 0 Å². The van der Waals surface area contributed by atoms with E-state index in [4.69, 9.17) is 0 Å². The summed E-state index contributed by atoms with van der Waals surface area (Å²) in [6, 6.07) is 5.94. The van der Waals surface area contributed by atoms with Crippen LogP contribution < -0.4 is 5.32 Å². The molecule has 0 aliphatic carbocycles. The average Bonchev–Trinajstić information content (AvgIpc) is 2.59. The maximum Gasteiger partial charge on any atom is 0.102 e. The minimum atomic E-state index is 0.834. The minimum absolute atomic E-state index is 0.834. The monoisotopic (exact) mass is 161 g/mol. The SMILES string of the molecule is c1ccc(CC2=NCCN2)nc1. The molecule has 2 rings (SSSR count). The third-order valence-corrected chi connectivity index (χ3v) is 1.82. The van der Waals surface area contributed by atoms with Gasteiger partial charge in [0.05, 0.1) is 6.54 Å².